The molecule has 3 rings (SSSR count). The van der Waals surface area contributed by atoms with E-state index < -0.39 is 12.1 Å². The Bertz CT molecular complexity index is 711. The number of pyridine rings is 1. The van der Waals surface area contributed by atoms with Gasteiger partial charge in [0.25, 0.3) is 0 Å². The Morgan fingerprint density at radius 1 is 0.962 bits per heavy atom. The Morgan fingerprint density at radius 3 is 1.92 bits per heavy atom. The number of ether oxygens (including phenoxy) is 1. The molecule has 0 bridgehead atoms. The van der Waals surface area contributed by atoms with Crippen molar-refractivity contribution in [3.05, 3.63) is 48.8 Å². The molecule has 1 aliphatic heterocycles. The summed E-state index contributed by atoms with van der Waals surface area (Å²) in [5.74, 6) is -0.435. The van der Waals surface area contributed by atoms with Gasteiger partial charge in [-0.15, -0.1) is 0 Å². The lowest BCUT2D eigenvalue weighted by atomic mass is 10.1. The van der Waals surface area contributed by atoms with E-state index in [4.69, 9.17) is 4.74 Å². The zero-order valence-corrected chi connectivity index (χ0v) is 15.2. The third-order valence-electron chi connectivity index (χ3n) is 4.62. The van der Waals surface area contributed by atoms with E-state index in [1.807, 2.05) is 62.6 Å². The lowest BCUT2D eigenvalue weighted by Gasteiger charge is -2.37. The molecule has 1 saturated heterocycles. The van der Waals surface area contributed by atoms with Crippen molar-refractivity contribution < 1.29 is 14.6 Å². The number of rotatable bonds is 6. The van der Waals surface area contributed by atoms with Crippen LogP contribution in [0.25, 0.3) is 0 Å². The second-order valence-electron chi connectivity index (χ2n) is 6.79. The highest BCUT2D eigenvalue weighted by Gasteiger charge is 2.23. The highest BCUT2D eigenvalue weighted by atomic mass is 16.5. The first kappa shape index (κ1) is 18.0. The molecule has 138 valence electrons. The van der Waals surface area contributed by atoms with Crippen LogP contribution < -0.4 is 14.5 Å². The fraction of sp³-hybridized carbons (Fsp3) is 0.400. The van der Waals surface area contributed by atoms with Crippen LogP contribution in [-0.4, -0.2) is 48.3 Å². The smallest absolute Gasteiger partial charge is 0.345 e. The Labute approximate surface area is 154 Å². The summed E-state index contributed by atoms with van der Waals surface area (Å²) in [4.78, 5) is 20.0. The first-order valence-electron chi connectivity index (χ1n) is 8.94. The molecule has 0 amide bonds. The SMILES string of the molecule is CC(C)C(Oc1ccc(N2CCN(c3ccncc3)CC2)cc1)C(=O)O. The predicted molar refractivity (Wildman–Crippen MR) is 102 cm³/mol. The molecule has 2 heterocycles. The topological polar surface area (TPSA) is 65.9 Å². The number of hydrogen-bond acceptors (Lipinski definition) is 5. The van der Waals surface area contributed by atoms with E-state index in [0.717, 1.165) is 31.9 Å². The number of carboxylic acids is 1. The van der Waals surface area contributed by atoms with Crippen LogP contribution in [0.2, 0.25) is 0 Å². The molecule has 1 N–H and O–H groups in total. The Kier molecular flexibility index (Phi) is 5.61. The molecular weight excluding hydrogens is 330 g/mol. The van der Waals surface area contributed by atoms with Crippen LogP contribution in [0.4, 0.5) is 11.4 Å². The fourth-order valence-electron chi connectivity index (χ4n) is 3.13. The number of anilines is 2. The lowest BCUT2D eigenvalue weighted by molar-refractivity contribution is -0.147. The molecule has 1 aromatic carbocycles. The summed E-state index contributed by atoms with van der Waals surface area (Å²) in [6.45, 7) is 7.47. The summed E-state index contributed by atoms with van der Waals surface area (Å²) in [5, 5.41) is 9.24. The minimum Gasteiger partial charge on any atom is -0.478 e. The summed E-state index contributed by atoms with van der Waals surface area (Å²) in [6.07, 6.45) is 2.81. The molecule has 1 fully saturated rings. The predicted octanol–water partition coefficient (Wildman–Crippen LogP) is 2.90. The van der Waals surface area contributed by atoms with Gasteiger partial charge in [0.05, 0.1) is 0 Å². The van der Waals surface area contributed by atoms with Crippen LogP contribution in [0, 0.1) is 5.92 Å². The number of benzene rings is 1. The van der Waals surface area contributed by atoms with Gasteiger partial charge in [-0.05, 0) is 36.4 Å². The van der Waals surface area contributed by atoms with E-state index in [1.54, 1.807) is 0 Å². The first-order chi connectivity index (χ1) is 12.5. The lowest BCUT2D eigenvalue weighted by Crippen LogP contribution is -2.46. The molecule has 6 heteroatoms. The molecule has 1 aliphatic rings. The van der Waals surface area contributed by atoms with Gasteiger partial charge in [0.15, 0.2) is 6.10 Å². The monoisotopic (exact) mass is 355 g/mol. The van der Waals surface area contributed by atoms with Crippen LogP contribution in [0.3, 0.4) is 0 Å². The van der Waals surface area contributed by atoms with Crippen molar-refractivity contribution in [1.82, 2.24) is 4.98 Å². The van der Waals surface area contributed by atoms with Gasteiger partial charge in [-0.25, -0.2) is 4.79 Å². The Hall–Kier alpha value is -2.76. The average molecular weight is 355 g/mol. The largest absolute Gasteiger partial charge is 0.478 e. The van der Waals surface area contributed by atoms with Gasteiger partial charge < -0.3 is 19.6 Å². The molecule has 6 nitrogen and oxygen atoms in total. The fourth-order valence-corrected chi connectivity index (χ4v) is 3.13. The zero-order chi connectivity index (χ0) is 18.5. The third-order valence-corrected chi connectivity index (χ3v) is 4.62. The quantitative estimate of drug-likeness (QED) is 0.859. The summed E-state index contributed by atoms with van der Waals surface area (Å²) in [7, 11) is 0. The van der Waals surface area contributed by atoms with Crippen molar-refractivity contribution in [1.29, 1.82) is 0 Å². The molecule has 2 aromatic rings. The maximum Gasteiger partial charge on any atom is 0.345 e. The van der Waals surface area contributed by atoms with Crippen molar-refractivity contribution in [2.24, 2.45) is 5.92 Å². The number of aromatic nitrogens is 1. The number of carbonyl (C=O) groups is 1. The normalized spacial score (nSPS) is 15.8. The molecule has 1 unspecified atom stereocenters. The maximum absolute atomic E-state index is 11.3. The minimum absolute atomic E-state index is 0.0894. The molecule has 1 aromatic heterocycles. The highest BCUT2D eigenvalue weighted by molar-refractivity contribution is 5.73. The van der Waals surface area contributed by atoms with Gasteiger partial charge in [0.2, 0.25) is 0 Å². The van der Waals surface area contributed by atoms with E-state index in [9.17, 15) is 9.90 Å². The van der Waals surface area contributed by atoms with Crippen molar-refractivity contribution in [3.63, 3.8) is 0 Å². The van der Waals surface area contributed by atoms with Crippen molar-refractivity contribution in [2.45, 2.75) is 20.0 Å². The summed E-state index contributed by atoms with van der Waals surface area (Å²) < 4.78 is 5.62. The second-order valence-corrected chi connectivity index (χ2v) is 6.79. The van der Waals surface area contributed by atoms with Gasteiger partial charge in [0.1, 0.15) is 5.75 Å². The number of hydrogen-bond donors (Lipinski definition) is 1. The van der Waals surface area contributed by atoms with Crippen LogP contribution in [0.1, 0.15) is 13.8 Å². The van der Waals surface area contributed by atoms with Crippen LogP contribution >= 0.6 is 0 Å². The van der Waals surface area contributed by atoms with Crippen molar-refractivity contribution in [2.75, 3.05) is 36.0 Å². The standard InChI is InChI=1S/C20H25N3O3/c1-15(2)19(20(24)25)26-18-5-3-16(4-6-18)22-11-13-23(14-12-22)17-7-9-21-10-8-17/h3-10,15,19H,11-14H2,1-2H3,(H,24,25). The summed E-state index contributed by atoms with van der Waals surface area (Å²) in [6, 6.07) is 11.8. The number of carboxylic acid groups (broad SMARTS) is 1. The van der Waals surface area contributed by atoms with E-state index in [1.165, 1.54) is 5.69 Å². The highest BCUT2D eigenvalue weighted by Crippen LogP contribution is 2.24. The molecule has 0 saturated carbocycles. The van der Waals surface area contributed by atoms with Crippen LogP contribution in [-0.2, 0) is 4.79 Å². The van der Waals surface area contributed by atoms with Crippen LogP contribution in [0.15, 0.2) is 48.8 Å². The van der Waals surface area contributed by atoms with Gasteiger partial charge in [0, 0.05) is 55.9 Å². The van der Waals surface area contributed by atoms with E-state index in [2.05, 4.69) is 14.8 Å². The number of nitrogens with zero attached hydrogens (tertiary/aromatic N) is 3. The molecule has 0 aliphatic carbocycles. The third kappa shape index (κ3) is 4.25. The average Bonchev–Trinajstić information content (AvgIpc) is 2.67. The molecule has 0 radical (unpaired) electrons. The Balaban J connectivity index is 1.59. The molecular formula is C20H25N3O3. The van der Waals surface area contributed by atoms with E-state index in [0.29, 0.717) is 5.75 Å². The van der Waals surface area contributed by atoms with Gasteiger partial charge in [-0.1, -0.05) is 13.8 Å². The minimum atomic E-state index is -0.934. The van der Waals surface area contributed by atoms with E-state index in [-0.39, 0.29) is 5.92 Å². The maximum atomic E-state index is 11.3. The van der Waals surface area contributed by atoms with Crippen LogP contribution in [0.5, 0.6) is 5.75 Å². The van der Waals surface area contributed by atoms with Crippen molar-refractivity contribution in [3.8, 4) is 5.75 Å². The number of aliphatic carboxylic acids is 1. The van der Waals surface area contributed by atoms with Crippen molar-refractivity contribution >= 4 is 17.3 Å². The van der Waals surface area contributed by atoms with Gasteiger partial charge in [-0.3, -0.25) is 4.98 Å². The second kappa shape index (κ2) is 8.08. The molecule has 0 spiro atoms. The van der Waals surface area contributed by atoms with Gasteiger partial charge in [-0.2, -0.15) is 0 Å². The molecule has 26 heavy (non-hydrogen) atoms. The van der Waals surface area contributed by atoms with E-state index >= 15 is 0 Å². The molecule has 1 atom stereocenters. The van der Waals surface area contributed by atoms with Gasteiger partial charge >= 0.3 is 5.97 Å². The first-order valence-corrected chi connectivity index (χ1v) is 8.94. The summed E-state index contributed by atoms with van der Waals surface area (Å²) >= 11 is 0. The number of piperazine rings is 1. The Morgan fingerprint density at radius 2 is 1.46 bits per heavy atom. The zero-order valence-electron chi connectivity index (χ0n) is 15.2. The summed E-state index contributed by atoms with van der Waals surface area (Å²) in [5.41, 5.74) is 2.33.